The zero-order chi connectivity index (χ0) is 11.6. The number of methoxy groups -OCH3 is 1. The fourth-order valence-corrected chi connectivity index (χ4v) is 2.77. The minimum atomic E-state index is -2.08. The lowest BCUT2D eigenvalue weighted by atomic mass is 10.3. The molecule has 0 saturated heterocycles. The molecule has 3 nitrogen and oxygen atoms in total. The molecule has 0 amide bonds. The molecule has 0 saturated carbocycles. The molecule has 0 spiro atoms. The lowest BCUT2D eigenvalue weighted by Crippen LogP contribution is -2.16. The van der Waals surface area contributed by atoms with Gasteiger partial charge >= 0.3 is 0 Å². The number of aromatic hydroxyl groups is 1. The third-order valence-corrected chi connectivity index (χ3v) is 4.45. The van der Waals surface area contributed by atoms with Gasteiger partial charge in [-0.25, -0.2) is 0 Å². The first-order chi connectivity index (χ1) is 6.88. The highest BCUT2D eigenvalue weighted by Gasteiger charge is 2.26. The van der Waals surface area contributed by atoms with Crippen molar-refractivity contribution in [2.75, 3.05) is 7.11 Å². The van der Waals surface area contributed by atoms with Gasteiger partial charge in [0.15, 0.2) is 0 Å². The summed E-state index contributed by atoms with van der Waals surface area (Å²) in [5.74, 6) is 0.543. The van der Waals surface area contributed by atoms with Crippen molar-refractivity contribution < 1.29 is 14.4 Å². The monoisotopic (exact) mass is 228 g/mol. The molecule has 84 valence electrons. The molecule has 4 heteroatoms. The molecule has 1 rings (SSSR count). The Morgan fingerprint density at radius 2 is 1.93 bits per heavy atom. The van der Waals surface area contributed by atoms with Gasteiger partial charge in [-0.05, 0) is 12.1 Å². The van der Waals surface area contributed by atoms with Crippen molar-refractivity contribution >= 4 is 13.1 Å². The van der Waals surface area contributed by atoms with Crippen LogP contribution in [0.4, 0.5) is 0 Å². The van der Waals surface area contributed by atoms with Crippen molar-refractivity contribution in [1.82, 2.24) is 0 Å². The van der Waals surface area contributed by atoms with Crippen molar-refractivity contribution in [3.05, 3.63) is 18.2 Å². The standard InChI is InChI=1S/C11H17O3P/c1-11(2,3)15(13)10-8(12)6-5-7-9(10)14-4/h5-7,12,15H,1-4H3. The molecule has 0 bridgehead atoms. The first kappa shape index (κ1) is 12.1. The molecule has 1 unspecified atom stereocenters. The smallest absolute Gasteiger partial charge is 0.133 e. The quantitative estimate of drug-likeness (QED) is 0.790. The van der Waals surface area contributed by atoms with E-state index in [2.05, 4.69) is 0 Å². The van der Waals surface area contributed by atoms with Gasteiger partial charge in [0.1, 0.15) is 19.3 Å². The zero-order valence-electron chi connectivity index (χ0n) is 9.50. The van der Waals surface area contributed by atoms with Crippen LogP contribution >= 0.6 is 7.80 Å². The molecule has 0 heterocycles. The average molecular weight is 228 g/mol. The maximum Gasteiger partial charge on any atom is 0.133 e. The topological polar surface area (TPSA) is 46.5 Å². The Labute approximate surface area is 90.9 Å². The summed E-state index contributed by atoms with van der Waals surface area (Å²) in [6.07, 6.45) is 0. The highest BCUT2D eigenvalue weighted by molar-refractivity contribution is 7.55. The van der Waals surface area contributed by atoms with Crippen LogP contribution in [0.25, 0.3) is 0 Å². The van der Waals surface area contributed by atoms with Crippen molar-refractivity contribution in [1.29, 1.82) is 0 Å². The van der Waals surface area contributed by atoms with Crippen LogP contribution in [0.1, 0.15) is 20.8 Å². The average Bonchev–Trinajstić information content (AvgIpc) is 2.15. The second-order valence-corrected chi connectivity index (χ2v) is 7.09. The Hall–Kier alpha value is -0.950. The maximum atomic E-state index is 12.2. The molecule has 0 aliphatic heterocycles. The predicted octanol–water partition coefficient (Wildman–Crippen LogP) is 2.38. The van der Waals surface area contributed by atoms with E-state index in [4.69, 9.17) is 4.74 Å². The summed E-state index contributed by atoms with van der Waals surface area (Å²) in [6.45, 7) is 5.67. The van der Waals surface area contributed by atoms with E-state index in [1.54, 1.807) is 12.1 Å². The van der Waals surface area contributed by atoms with Crippen LogP contribution in [0.2, 0.25) is 0 Å². The van der Waals surface area contributed by atoms with E-state index in [0.717, 1.165) is 0 Å². The summed E-state index contributed by atoms with van der Waals surface area (Å²) < 4.78 is 17.3. The predicted molar refractivity (Wildman–Crippen MR) is 63.0 cm³/mol. The first-order valence-electron chi connectivity index (χ1n) is 4.78. The van der Waals surface area contributed by atoms with Crippen LogP contribution in [0.15, 0.2) is 18.2 Å². The normalized spacial score (nSPS) is 13.6. The third-order valence-electron chi connectivity index (χ3n) is 2.13. The second-order valence-electron chi connectivity index (χ2n) is 4.43. The van der Waals surface area contributed by atoms with E-state index in [1.807, 2.05) is 20.8 Å². The number of rotatable bonds is 2. The van der Waals surface area contributed by atoms with Gasteiger partial charge < -0.3 is 14.4 Å². The van der Waals surface area contributed by atoms with Gasteiger partial charge in [-0.1, -0.05) is 26.8 Å². The summed E-state index contributed by atoms with van der Waals surface area (Å²) in [4.78, 5) is 0. The van der Waals surface area contributed by atoms with E-state index in [1.165, 1.54) is 13.2 Å². The van der Waals surface area contributed by atoms with E-state index < -0.39 is 7.80 Å². The SMILES string of the molecule is COc1cccc(O)c1[PH](=O)C(C)(C)C. The minimum absolute atomic E-state index is 0.0492. The zero-order valence-corrected chi connectivity index (χ0v) is 10.5. The van der Waals surface area contributed by atoms with Crippen LogP contribution in [0.3, 0.4) is 0 Å². The van der Waals surface area contributed by atoms with Crippen molar-refractivity contribution in [2.24, 2.45) is 0 Å². The molecular weight excluding hydrogens is 211 g/mol. The van der Waals surface area contributed by atoms with Gasteiger partial charge in [0.05, 0.1) is 12.4 Å². The molecule has 0 radical (unpaired) electrons. The Kier molecular flexibility index (Phi) is 3.46. The molecular formula is C11H17O3P. The van der Waals surface area contributed by atoms with Crippen LogP contribution in [0.5, 0.6) is 11.5 Å². The van der Waals surface area contributed by atoms with Crippen LogP contribution in [0, 0.1) is 0 Å². The Morgan fingerprint density at radius 1 is 1.33 bits per heavy atom. The van der Waals surface area contributed by atoms with Crippen LogP contribution in [-0.2, 0) is 4.57 Å². The third kappa shape index (κ3) is 2.54. The molecule has 0 fully saturated rings. The van der Waals surface area contributed by atoms with Gasteiger partial charge in [0.25, 0.3) is 0 Å². The van der Waals surface area contributed by atoms with E-state index in [0.29, 0.717) is 11.1 Å². The number of benzene rings is 1. The van der Waals surface area contributed by atoms with Crippen LogP contribution < -0.4 is 10.0 Å². The number of ether oxygens (including phenoxy) is 1. The largest absolute Gasteiger partial charge is 0.507 e. The Bertz CT molecular complexity index is 380. The number of hydrogen-bond acceptors (Lipinski definition) is 3. The van der Waals surface area contributed by atoms with Gasteiger partial charge in [-0.2, -0.15) is 0 Å². The fourth-order valence-electron chi connectivity index (χ4n) is 1.29. The van der Waals surface area contributed by atoms with E-state index in [9.17, 15) is 9.67 Å². The molecule has 0 aliphatic carbocycles. The fraction of sp³-hybridized carbons (Fsp3) is 0.455. The maximum absolute atomic E-state index is 12.2. The molecule has 1 N–H and O–H groups in total. The second kappa shape index (κ2) is 4.28. The van der Waals surface area contributed by atoms with E-state index in [-0.39, 0.29) is 10.9 Å². The molecule has 1 atom stereocenters. The highest BCUT2D eigenvalue weighted by atomic mass is 31.1. The number of hydrogen-bond donors (Lipinski definition) is 1. The van der Waals surface area contributed by atoms with Gasteiger partial charge in [0, 0.05) is 5.16 Å². The summed E-state index contributed by atoms with van der Waals surface area (Å²) in [5.41, 5.74) is 0. The Balaban J connectivity index is 3.30. The molecule has 15 heavy (non-hydrogen) atoms. The lowest BCUT2D eigenvalue weighted by molar-refractivity contribution is 0.412. The highest BCUT2D eigenvalue weighted by Crippen LogP contribution is 2.42. The summed E-state index contributed by atoms with van der Waals surface area (Å²) in [7, 11) is -0.570. The van der Waals surface area contributed by atoms with E-state index >= 15 is 0 Å². The Morgan fingerprint density at radius 3 is 2.40 bits per heavy atom. The van der Waals surface area contributed by atoms with Crippen molar-refractivity contribution in [3.63, 3.8) is 0 Å². The molecule has 1 aromatic carbocycles. The molecule has 1 aromatic rings. The summed E-state index contributed by atoms with van der Waals surface area (Å²) >= 11 is 0. The lowest BCUT2D eigenvalue weighted by Gasteiger charge is -2.20. The van der Waals surface area contributed by atoms with Gasteiger partial charge in [-0.3, -0.25) is 0 Å². The van der Waals surface area contributed by atoms with Gasteiger partial charge in [-0.15, -0.1) is 0 Å². The van der Waals surface area contributed by atoms with Crippen molar-refractivity contribution in [3.8, 4) is 11.5 Å². The van der Waals surface area contributed by atoms with Crippen LogP contribution in [-0.4, -0.2) is 17.4 Å². The summed E-state index contributed by atoms with van der Waals surface area (Å²) in [6, 6.07) is 4.92. The minimum Gasteiger partial charge on any atom is -0.507 e. The number of phenols is 1. The number of phenolic OH excluding ortho intramolecular Hbond substituents is 1. The summed E-state index contributed by atoms with van der Waals surface area (Å²) in [5, 5.41) is 9.79. The van der Waals surface area contributed by atoms with Gasteiger partial charge in [0.2, 0.25) is 0 Å². The first-order valence-corrected chi connectivity index (χ1v) is 6.19. The molecule has 0 aliphatic rings. The van der Waals surface area contributed by atoms with Crippen molar-refractivity contribution in [2.45, 2.75) is 25.9 Å². The molecule has 0 aromatic heterocycles.